The van der Waals surface area contributed by atoms with E-state index in [1.165, 1.54) is 61.1 Å². The normalized spacial score (nSPS) is 13.3. The van der Waals surface area contributed by atoms with Crippen LogP contribution >= 0.6 is 55.6 Å². The molecule has 6 atom stereocenters. The first-order chi connectivity index (χ1) is 69.4. The van der Waals surface area contributed by atoms with Crippen molar-refractivity contribution >= 4 is 217 Å². The molecule has 0 bridgehead atoms. The number of nitrogens with zero attached hydrogens (tertiary/aromatic N) is 9. The largest absolute Gasteiger partial charge is 0.469 e. The lowest BCUT2D eigenvalue weighted by atomic mass is 10.1. The minimum absolute atomic E-state index is 0.162. The van der Waals surface area contributed by atoms with Gasteiger partial charge in [0.05, 0.1) is 113 Å². The van der Waals surface area contributed by atoms with Crippen molar-refractivity contribution in [2.24, 2.45) is 17.8 Å². The van der Waals surface area contributed by atoms with Crippen LogP contribution in [0.2, 0.25) is 0 Å². The Hall–Kier alpha value is -14.6. The van der Waals surface area contributed by atoms with E-state index in [0.29, 0.717) is 61.9 Å². The van der Waals surface area contributed by atoms with Crippen LogP contribution in [0.25, 0.3) is 102 Å². The standard InChI is InChI=1S/C39H34N5O5PS.C37H33N4O4PS2.C33H31N4O4PS2/c1-25(39(46)48-3)24-50(47,49-27-16-20-34-32(22-27)29-11-4-6-13-33(29)42-34)44-36-23-28(51-37-14-7-5-12-31(37)38(45)40-2)17-18-30(36)35(43-44)19-15-26-10-8-9-21-41-26;1-25(37(43)44-3)24-46(47,45-34-16-10-12-26-11-4-5-14-29(26)34)41-33-23-28(48-35-17-7-6-15-31(35)36(42)38-2)19-20-30(33)32(40-41)21-18-27-13-8-9-22-39-27;1-23(33(39)40-3)22-42(43,41-25-12-5-4-6-13-25)37-30-21-26(44-31-15-8-7-14-28(31)32(38)34-2)17-18-27(30)29(36-37)19-16-24-11-9-10-20-35-24/h4-23,25,42H,24H2,1-3H3,(H,40,45);4-23,25H,24H2,1-3H3,(H,38,42);4-21,23H,22H2,1-3H3,(H,34,38)/b19-15+;21-18+;19-16+/t25-,50?;25-,46?;23-,42?/m111/s1. The van der Waals surface area contributed by atoms with Crippen molar-refractivity contribution in [2.45, 2.75) is 50.1 Å². The molecule has 0 radical (unpaired) electrons. The zero-order chi connectivity index (χ0) is 100. The van der Waals surface area contributed by atoms with E-state index in [2.05, 4.69) is 35.9 Å². The van der Waals surface area contributed by atoms with Gasteiger partial charge in [0.1, 0.15) is 17.2 Å². The van der Waals surface area contributed by atoms with Crippen LogP contribution in [0.15, 0.2) is 345 Å². The van der Waals surface area contributed by atoms with Crippen molar-refractivity contribution in [3.63, 3.8) is 0 Å². The number of rotatable bonds is 33. The van der Waals surface area contributed by atoms with Crippen molar-refractivity contribution in [1.29, 1.82) is 0 Å². The fourth-order valence-electron chi connectivity index (χ4n) is 15.9. The van der Waals surface area contributed by atoms with Crippen LogP contribution in [-0.4, -0.2) is 145 Å². The Balaban J connectivity index is 0.000000154. The number of H-pyrrole nitrogens is 1. The van der Waals surface area contributed by atoms with Crippen LogP contribution in [0.5, 0.6) is 17.2 Å². The first-order valence-electron chi connectivity index (χ1n) is 45.3. The van der Waals surface area contributed by atoms with Gasteiger partial charge in [-0.1, -0.05) is 183 Å². The maximum Gasteiger partial charge on any atom is 0.364 e. The fraction of sp³-hybridized carbons (Fsp3) is 0.138. The Morgan fingerprint density at radius 3 is 1.18 bits per heavy atom. The number of carbonyl (C=O) groups excluding carboxylic acids is 6. The number of aromatic nitrogens is 10. The molecule has 143 heavy (non-hydrogen) atoms. The maximum absolute atomic E-state index is 15.5. The number of para-hydroxylation sites is 2. The van der Waals surface area contributed by atoms with Gasteiger partial charge in [-0.15, -0.1) is 0 Å². The molecule has 0 fully saturated rings. The van der Waals surface area contributed by atoms with Crippen molar-refractivity contribution in [1.82, 2.24) is 64.5 Å². The minimum Gasteiger partial charge on any atom is -0.469 e. The zero-order valence-corrected chi connectivity index (χ0v) is 85.8. The van der Waals surface area contributed by atoms with Crippen LogP contribution in [0, 0.1) is 17.8 Å². The number of carbonyl (C=O) groups is 6. The van der Waals surface area contributed by atoms with E-state index < -0.39 is 44.1 Å². The molecule has 3 amide bonds. The summed E-state index contributed by atoms with van der Waals surface area (Å²) in [7, 11) is 4.85. The first kappa shape index (κ1) is 101. The summed E-state index contributed by atoms with van der Waals surface area (Å²) in [6.07, 6.45) is 10.5. The fourth-order valence-corrected chi connectivity index (χ4v) is 28.5. The highest BCUT2D eigenvalue weighted by atomic mass is 32.5. The summed E-state index contributed by atoms with van der Waals surface area (Å²) in [4.78, 5) is 97.6. The molecule has 34 heteroatoms. The minimum atomic E-state index is -4.02. The SMILES string of the molecule is CNC(=O)c1ccccc1Sc1ccc2c(/C=C/c3ccccn3)nn(P(=O)(C[C@@H](C)C(=O)OC)Oc3ccc4[nH]c5ccccc5c4c3)c2c1.CNC(=O)c1ccccc1Sc1ccc2c(/C=C/c3ccccn3)nn(P(=S)(C[C@@H](C)C(=O)OC)Oc3cccc4ccccc34)c2c1.CNC(=O)c1ccccc1Sc1ccc2c(/C=C/c3ccccn3)nn(P(=S)(C[C@@H](C)C(=O)OC)Oc3ccccc3)c2c1. The van der Waals surface area contributed by atoms with Crippen molar-refractivity contribution in [3.8, 4) is 17.2 Å². The third-order valence-corrected chi connectivity index (χ3v) is 35.6. The van der Waals surface area contributed by atoms with Crippen LogP contribution < -0.4 is 29.5 Å². The molecule has 11 aromatic carbocycles. The van der Waals surface area contributed by atoms with Gasteiger partial charge in [0, 0.05) is 125 Å². The summed E-state index contributed by atoms with van der Waals surface area (Å²) >= 11 is 17.2. The average molecular weight is 2050 g/mol. The number of amides is 3. The second kappa shape index (κ2) is 46.4. The van der Waals surface area contributed by atoms with Gasteiger partial charge in [-0.3, -0.25) is 48.3 Å². The number of nitrogens with one attached hydrogen (secondary N) is 4. The Bertz CT molecular complexity index is 8020. The quantitative estimate of drug-likeness (QED) is 0.0169. The summed E-state index contributed by atoms with van der Waals surface area (Å²) in [5, 5.41) is 29.4. The van der Waals surface area contributed by atoms with E-state index in [9.17, 15) is 28.8 Å². The number of benzene rings is 11. The molecule has 18 rings (SSSR count). The highest BCUT2D eigenvalue weighted by Gasteiger charge is 2.39. The lowest BCUT2D eigenvalue weighted by molar-refractivity contribution is -0.144. The monoisotopic (exact) mass is 2050 g/mol. The molecule has 722 valence electrons. The Morgan fingerprint density at radius 1 is 0.364 bits per heavy atom. The maximum atomic E-state index is 15.5. The summed E-state index contributed by atoms with van der Waals surface area (Å²) in [6.45, 7) is 5.24. The topological polar surface area (TPSA) is 319 Å². The molecular weight excluding hydrogens is 1950 g/mol. The Morgan fingerprint density at radius 2 is 0.741 bits per heavy atom. The smallest absolute Gasteiger partial charge is 0.364 e. The number of methoxy groups -OCH3 is 3. The highest BCUT2D eigenvalue weighted by molar-refractivity contribution is 8.12. The number of aromatic amines is 1. The number of pyridine rings is 3. The number of hydrogen-bond donors (Lipinski definition) is 4. The molecule has 0 saturated carbocycles. The van der Waals surface area contributed by atoms with Gasteiger partial charge in [-0.2, -0.15) is 19.7 Å². The molecule has 4 N–H and O–H groups in total. The van der Waals surface area contributed by atoms with Crippen LogP contribution in [0.3, 0.4) is 0 Å². The number of hydrogen-bond acceptors (Lipinski definition) is 24. The lowest BCUT2D eigenvalue weighted by Gasteiger charge is -2.27. The van der Waals surface area contributed by atoms with Crippen molar-refractivity contribution in [2.75, 3.05) is 61.0 Å². The van der Waals surface area contributed by atoms with Gasteiger partial charge < -0.3 is 48.7 Å². The Kier molecular flexibility index (Phi) is 32.9. The molecule has 0 aliphatic heterocycles. The number of esters is 3. The van der Waals surface area contributed by atoms with E-state index in [0.717, 1.165) is 101 Å². The molecular formula is C109H98N13O13P3S5. The molecule has 0 spiro atoms. The average Bonchev–Trinajstić information content (AvgIpc) is 1.62. The summed E-state index contributed by atoms with van der Waals surface area (Å²) in [5.41, 5.74) is 9.81. The molecule has 3 unspecified atom stereocenters. The molecule has 7 heterocycles. The molecule has 0 aliphatic rings. The third kappa shape index (κ3) is 23.9. The summed E-state index contributed by atoms with van der Waals surface area (Å²) < 4.78 is 55.7. The zero-order valence-electron chi connectivity index (χ0n) is 79.1. The van der Waals surface area contributed by atoms with Gasteiger partial charge in [-0.05, 0) is 235 Å². The van der Waals surface area contributed by atoms with Gasteiger partial charge >= 0.3 is 25.4 Å². The van der Waals surface area contributed by atoms with E-state index in [4.69, 9.17) is 66.7 Å². The molecule has 18 aromatic rings. The van der Waals surface area contributed by atoms with Crippen molar-refractivity contribution in [3.05, 3.63) is 367 Å². The summed E-state index contributed by atoms with van der Waals surface area (Å²) in [6, 6.07) is 93.6. The lowest BCUT2D eigenvalue weighted by Crippen LogP contribution is -2.21. The predicted molar refractivity (Wildman–Crippen MR) is 579 cm³/mol. The first-order valence-corrected chi connectivity index (χ1v) is 55.3. The van der Waals surface area contributed by atoms with Gasteiger partial charge in [0.2, 0.25) is 12.8 Å². The molecule has 7 aromatic heterocycles. The molecule has 26 nitrogen and oxygen atoms in total. The van der Waals surface area contributed by atoms with Gasteiger partial charge in [0.15, 0.2) is 0 Å². The molecule has 0 aliphatic carbocycles. The van der Waals surface area contributed by atoms with Crippen LogP contribution in [-0.2, 0) is 56.8 Å². The predicted octanol–water partition coefficient (Wildman–Crippen LogP) is 24.1. The number of ether oxygens (including phenoxy) is 3. The molecule has 0 saturated heterocycles. The summed E-state index contributed by atoms with van der Waals surface area (Å²) in [5.74, 6) is -2.07. The second-order valence-corrected chi connectivity index (χ2v) is 46.2. The van der Waals surface area contributed by atoms with E-state index in [1.807, 2.05) is 309 Å². The highest BCUT2D eigenvalue weighted by Crippen LogP contribution is 2.57. The number of fused-ring (bicyclic) bond motifs is 7. The van der Waals surface area contributed by atoms with E-state index in [-0.39, 0.29) is 48.1 Å². The van der Waals surface area contributed by atoms with E-state index >= 15 is 4.57 Å². The van der Waals surface area contributed by atoms with Gasteiger partial charge in [-0.25, -0.2) is 8.90 Å². The Labute approximate surface area is 848 Å². The van der Waals surface area contributed by atoms with Crippen LogP contribution in [0.4, 0.5) is 0 Å². The van der Waals surface area contributed by atoms with Crippen molar-refractivity contribution < 1.29 is 61.1 Å². The van der Waals surface area contributed by atoms with Gasteiger partial charge in [0.25, 0.3) is 17.7 Å². The third-order valence-electron chi connectivity index (χ3n) is 22.9. The second-order valence-electron chi connectivity index (χ2n) is 32.8. The van der Waals surface area contributed by atoms with E-state index in [1.54, 1.807) is 93.7 Å². The van der Waals surface area contributed by atoms with Crippen LogP contribution in [0.1, 0.15) is 86.0 Å².